The standard InChI is InChI=1S/C26H41N3O3S/c30-26(24-8-10-25(11-9-24)33(31,32)29-17-6-3-7-18-29)22-28-20-13-23(14-21-28)12-19-27-15-4-1-2-5-16-27/h8-11,23H,1-7,12-22H2. The number of hydrogen-bond donors (Lipinski definition) is 0. The molecule has 0 aromatic heterocycles. The summed E-state index contributed by atoms with van der Waals surface area (Å²) in [7, 11) is -3.45. The van der Waals surface area contributed by atoms with Gasteiger partial charge in [0, 0.05) is 18.7 Å². The molecule has 0 radical (unpaired) electrons. The highest BCUT2D eigenvalue weighted by Crippen LogP contribution is 2.23. The van der Waals surface area contributed by atoms with Crippen LogP contribution in [-0.2, 0) is 10.0 Å². The first-order chi connectivity index (χ1) is 16.0. The molecule has 0 spiro atoms. The minimum Gasteiger partial charge on any atom is -0.303 e. The number of carbonyl (C=O) groups is 1. The van der Waals surface area contributed by atoms with Crippen LogP contribution in [0, 0.1) is 5.92 Å². The van der Waals surface area contributed by atoms with E-state index in [-0.39, 0.29) is 5.78 Å². The molecule has 33 heavy (non-hydrogen) atoms. The molecule has 3 fully saturated rings. The van der Waals surface area contributed by atoms with Gasteiger partial charge in [0.15, 0.2) is 5.78 Å². The number of sulfonamides is 1. The van der Waals surface area contributed by atoms with Crippen molar-refractivity contribution < 1.29 is 13.2 Å². The fourth-order valence-electron chi connectivity index (χ4n) is 5.52. The molecule has 0 bridgehead atoms. The minimum absolute atomic E-state index is 0.0833. The zero-order valence-corrected chi connectivity index (χ0v) is 20.9. The smallest absolute Gasteiger partial charge is 0.243 e. The lowest BCUT2D eigenvalue weighted by Crippen LogP contribution is -2.38. The predicted molar refractivity (Wildman–Crippen MR) is 132 cm³/mol. The van der Waals surface area contributed by atoms with Crippen molar-refractivity contribution in [3.8, 4) is 0 Å². The van der Waals surface area contributed by atoms with Crippen molar-refractivity contribution in [2.24, 2.45) is 5.92 Å². The van der Waals surface area contributed by atoms with Gasteiger partial charge in [-0.1, -0.05) is 31.4 Å². The average Bonchev–Trinajstić information content (AvgIpc) is 3.13. The first kappa shape index (κ1) is 24.8. The lowest BCUT2D eigenvalue weighted by molar-refractivity contribution is 0.0888. The van der Waals surface area contributed by atoms with E-state index < -0.39 is 10.0 Å². The van der Waals surface area contributed by atoms with Gasteiger partial charge in [-0.2, -0.15) is 4.31 Å². The van der Waals surface area contributed by atoms with Crippen LogP contribution in [0.15, 0.2) is 29.2 Å². The van der Waals surface area contributed by atoms with Gasteiger partial charge in [0.2, 0.25) is 10.0 Å². The van der Waals surface area contributed by atoms with Crippen LogP contribution in [0.3, 0.4) is 0 Å². The number of carbonyl (C=O) groups excluding carboxylic acids is 1. The van der Waals surface area contributed by atoms with Crippen molar-refractivity contribution >= 4 is 15.8 Å². The van der Waals surface area contributed by atoms with Crippen LogP contribution in [0.2, 0.25) is 0 Å². The van der Waals surface area contributed by atoms with Crippen LogP contribution in [0.4, 0.5) is 0 Å². The Balaban J connectivity index is 1.22. The maximum Gasteiger partial charge on any atom is 0.243 e. The normalized spacial score (nSPS) is 22.8. The lowest BCUT2D eigenvalue weighted by atomic mass is 9.93. The zero-order valence-electron chi connectivity index (χ0n) is 20.1. The Bertz CT molecular complexity index is 849. The SMILES string of the molecule is O=C(CN1CCC(CCN2CCCCCC2)CC1)c1ccc(S(=O)(=O)N2CCCCC2)cc1. The number of likely N-dealkylation sites (tertiary alicyclic amines) is 2. The Morgan fingerprint density at radius 3 is 1.97 bits per heavy atom. The molecule has 1 aromatic carbocycles. The monoisotopic (exact) mass is 475 g/mol. The van der Waals surface area contributed by atoms with Crippen molar-refractivity contribution in [3.05, 3.63) is 29.8 Å². The first-order valence-electron chi connectivity index (χ1n) is 13.1. The van der Waals surface area contributed by atoms with Gasteiger partial charge in [-0.25, -0.2) is 8.42 Å². The second-order valence-electron chi connectivity index (χ2n) is 10.2. The molecule has 7 heteroatoms. The predicted octanol–water partition coefficient (Wildman–Crippen LogP) is 4.02. The van der Waals surface area contributed by atoms with Crippen LogP contribution < -0.4 is 0 Å². The maximum atomic E-state index is 12.8. The van der Waals surface area contributed by atoms with Crippen molar-refractivity contribution in [3.63, 3.8) is 0 Å². The van der Waals surface area contributed by atoms with Gasteiger partial charge in [0.1, 0.15) is 0 Å². The summed E-state index contributed by atoms with van der Waals surface area (Å²) < 4.78 is 27.2. The molecule has 0 amide bonds. The number of rotatable bonds is 8. The summed E-state index contributed by atoms with van der Waals surface area (Å²) in [5.41, 5.74) is 0.607. The van der Waals surface area contributed by atoms with Crippen LogP contribution >= 0.6 is 0 Å². The molecule has 0 unspecified atom stereocenters. The van der Waals surface area contributed by atoms with Crippen molar-refractivity contribution in [2.75, 3.05) is 52.4 Å². The number of nitrogens with zero attached hydrogens (tertiary/aromatic N) is 3. The van der Waals surface area contributed by atoms with Crippen LogP contribution in [-0.4, -0.2) is 80.7 Å². The Hall–Kier alpha value is -1.28. The number of ketones is 1. The molecule has 3 saturated heterocycles. The molecule has 0 aliphatic carbocycles. The third-order valence-electron chi connectivity index (χ3n) is 7.76. The molecule has 3 heterocycles. The summed E-state index contributed by atoms with van der Waals surface area (Å²) in [6, 6.07) is 6.58. The molecule has 0 N–H and O–H groups in total. The highest BCUT2D eigenvalue weighted by molar-refractivity contribution is 7.89. The van der Waals surface area contributed by atoms with Gasteiger partial charge in [-0.05, 0) is 95.7 Å². The van der Waals surface area contributed by atoms with E-state index >= 15 is 0 Å². The van der Waals surface area contributed by atoms with Crippen molar-refractivity contribution in [2.45, 2.75) is 69.1 Å². The van der Waals surface area contributed by atoms with Crippen molar-refractivity contribution in [1.29, 1.82) is 0 Å². The van der Waals surface area contributed by atoms with Crippen LogP contribution in [0.25, 0.3) is 0 Å². The quantitative estimate of drug-likeness (QED) is 0.532. The Morgan fingerprint density at radius 2 is 1.33 bits per heavy atom. The molecule has 3 aliphatic heterocycles. The number of Topliss-reactive ketones (excluding diaryl/α,β-unsaturated/α-hetero) is 1. The Kier molecular flexibility index (Phi) is 8.97. The molecular weight excluding hydrogens is 434 g/mol. The van der Waals surface area contributed by atoms with E-state index in [1.807, 2.05) is 0 Å². The third kappa shape index (κ3) is 6.87. The highest BCUT2D eigenvalue weighted by Gasteiger charge is 2.26. The fourth-order valence-corrected chi connectivity index (χ4v) is 7.04. The maximum absolute atomic E-state index is 12.8. The van der Waals surface area contributed by atoms with Gasteiger partial charge < -0.3 is 4.90 Å². The second-order valence-corrected chi connectivity index (χ2v) is 12.1. The highest BCUT2D eigenvalue weighted by atomic mass is 32.2. The topological polar surface area (TPSA) is 60.9 Å². The van der Waals surface area contributed by atoms with E-state index in [4.69, 9.17) is 0 Å². The summed E-state index contributed by atoms with van der Waals surface area (Å²) in [6.45, 7) is 7.36. The van der Waals surface area contributed by atoms with Gasteiger partial charge in [0.25, 0.3) is 0 Å². The van der Waals surface area contributed by atoms with Crippen molar-refractivity contribution in [1.82, 2.24) is 14.1 Å². The number of benzene rings is 1. The zero-order chi connectivity index (χ0) is 23.1. The Labute approximate surface area is 200 Å². The van der Waals surface area contributed by atoms with Gasteiger partial charge in [-0.15, -0.1) is 0 Å². The fraction of sp³-hybridized carbons (Fsp3) is 0.731. The van der Waals surface area contributed by atoms with Gasteiger partial charge in [-0.3, -0.25) is 9.69 Å². The molecular formula is C26H41N3O3S. The van der Waals surface area contributed by atoms with E-state index in [1.165, 1.54) is 64.6 Å². The summed E-state index contributed by atoms with van der Waals surface area (Å²) in [5.74, 6) is 0.860. The van der Waals surface area contributed by atoms with Gasteiger partial charge >= 0.3 is 0 Å². The third-order valence-corrected chi connectivity index (χ3v) is 9.67. The molecule has 1 aromatic rings. The largest absolute Gasteiger partial charge is 0.303 e. The average molecular weight is 476 g/mol. The minimum atomic E-state index is -3.45. The van der Waals surface area contributed by atoms with E-state index in [0.29, 0.717) is 30.1 Å². The summed E-state index contributed by atoms with van der Waals surface area (Å²) in [6.07, 6.45) is 12.1. The summed E-state index contributed by atoms with van der Waals surface area (Å²) in [4.78, 5) is 18.0. The second kappa shape index (κ2) is 11.9. The first-order valence-corrected chi connectivity index (χ1v) is 14.5. The number of piperidine rings is 2. The molecule has 0 saturated carbocycles. The summed E-state index contributed by atoms with van der Waals surface area (Å²) >= 11 is 0. The van der Waals surface area contributed by atoms with E-state index in [1.54, 1.807) is 28.6 Å². The summed E-state index contributed by atoms with van der Waals surface area (Å²) in [5, 5.41) is 0. The van der Waals surface area contributed by atoms with E-state index in [2.05, 4.69) is 9.80 Å². The van der Waals surface area contributed by atoms with Gasteiger partial charge in [0.05, 0.1) is 11.4 Å². The van der Waals surface area contributed by atoms with Crippen LogP contribution in [0.5, 0.6) is 0 Å². The van der Waals surface area contributed by atoms with E-state index in [9.17, 15) is 13.2 Å². The molecule has 6 nitrogen and oxygen atoms in total. The molecule has 3 aliphatic rings. The Morgan fingerprint density at radius 1 is 0.758 bits per heavy atom. The molecule has 184 valence electrons. The molecule has 4 rings (SSSR count). The van der Waals surface area contributed by atoms with Crippen LogP contribution in [0.1, 0.15) is 74.6 Å². The number of hydrogen-bond acceptors (Lipinski definition) is 5. The van der Waals surface area contributed by atoms with E-state index in [0.717, 1.165) is 38.3 Å². The molecule has 0 atom stereocenters. The lowest BCUT2D eigenvalue weighted by Gasteiger charge is -2.32.